The molecule has 0 bridgehead atoms. The molecule has 0 spiro atoms. The molecule has 144 valence electrons. The number of anilines is 1. The van der Waals surface area contributed by atoms with Crippen LogP contribution in [0, 0.1) is 25.7 Å². The van der Waals surface area contributed by atoms with E-state index in [1.54, 1.807) is 0 Å². The number of aromatic nitrogens is 2. The summed E-state index contributed by atoms with van der Waals surface area (Å²) in [5.74, 6) is 0.564. The van der Waals surface area contributed by atoms with E-state index in [-0.39, 0.29) is 23.7 Å². The van der Waals surface area contributed by atoms with Crippen molar-refractivity contribution in [3.63, 3.8) is 0 Å². The Morgan fingerprint density at radius 2 is 1.88 bits per heavy atom. The number of amides is 1. The Morgan fingerprint density at radius 1 is 1.19 bits per heavy atom. The molecule has 0 radical (unpaired) electrons. The quantitative estimate of drug-likeness (QED) is 0.545. The van der Waals surface area contributed by atoms with Crippen LogP contribution in [0.3, 0.4) is 0 Å². The largest absolute Gasteiger partial charge is 0.469 e. The van der Waals surface area contributed by atoms with Gasteiger partial charge in [0, 0.05) is 30.9 Å². The zero-order valence-electron chi connectivity index (χ0n) is 16.0. The molecule has 1 aliphatic rings. The van der Waals surface area contributed by atoms with Gasteiger partial charge in [0.15, 0.2) is 0 Å². The molecule has 1 amide bonds. The van der Waals surface area contributed by atoms with E-state index in [2.05, 4.69) is 20.6 Å². The number of hydrogen-bond acceptors (Lipinski definition) is 6. The van der Waals surface area contributed by atoms with Crippen LogP contribution in [0.4, 0.5) is 5.95 Å². The average molecular weight is 362 g/mol. The number of methoxy groups -OCH3 is 1. The van der Waals surface area contributed by atoms with Gasteiger partial charge in [-0.2, -0.15) is 0 Å². The fourth-order valence-electron chi connectivity index (χ4n) is 3.50. The van der Waals surface area contributed by atoms with Crippen molar-refractivity contribution in [1.29, 1.82) is 0 Å². The lowest BCUT2D eigenvalue weighted by Gasteiger charge is -2.29. The molecule has 1 saturated carbocycles. The number of carbonyl (C=O) groups is 2. The second-order valence-electron chi connectivity index (χ2n) is 6.98. The van der Waals surface area contributed by atoms with Gasteiger partial charge in [-0.15, -0.1) is 0 Å². The van der Waals surface area contributed by atoms with Gasteiger partial charge in [0.2, 0.25) is 11.9 Å². The fraction of sp³-hybridized carbons (Fsp3) is 0.684. The number of ether oxygens (including phenoxy) is 1. The average Bonchev–Trinajstić information content (AvgIpc) is 2.62. The predicted molar refractivity (Wildman–Crippen MR) is 99.7 cm³/mol. The molecular weight excluding hydrogens is 332 g/mol. The zero-order chi connectivity index (χ0) is 18.9. The number of nitrogens with one attached hydrogen (secondary N) is 2. The van der Waals surface area contributed by atoms with E-state index in [1.807, 2.05) is 19.9 Å². The van der Waals surface area contributed by atoms with Gasteiger partial charge in [0.1, 0.15) is 0 Å². The van der Waals surface area contributed by atoms with Crippen LogP contribution in [0.1, 0.15) is 49.9 Å². The van der Waals surface area contributed by atoms with Gasteiger partial charge in [-0.1, -0.05) is 12.8 Å². The van der Waals surface area contributed by atoms with Crippen molar-refractivity contribution in [2.24, 2.45) is 11.8 Å². The highest BCUT2D eigenvalue weighted by Crippen LogP contribution is 2.30. The second kappa shape index (κ2) is 10.1. The first-order valence-electron chi connectivity index (χ1n) is 9.40. The minimum absolute atomic E-state index is 0.0160. The number of aryl methyl sites for hydroxylation is 2. The van der Waals surface area contributed by atoms with Crippen LogP contribution >= 0.6 is 0 Å². The molecule has 2 N–H and O–H groups in total. The standard InChI is InChI=1S/C19H30N4O3/c1-13-11-14(2)23-19(22-13)20-10-6-9-17(24)21-12-15-7-4-5-8-16(15)18(25)26-3/h11,15-16H,4-10,12H2,1-3H3,(H,21,24)(H,20,22,23). The molecule has 2 unspecified atom stereocenters. The highest BCUT2D eigenvalue weighted by atomic mass is 16.5. The SMILES string of the molecule is COC(=O)C1CCCCC1CNC(=O)CCCNc1nc(C)cc(C)n1. The molecular formula is C19H30N4O3. The van der Waals surface area contributed by atoms with Crippen molar-refractivity contribution < 1.29 is 14.3 Å². The summed E-state index contributed by atoms with van der Waals surface area (Å²) in [6.07, 6.45) is 5.11. The van der Waals surface area contributed by atoms with Crippen LogP contribution in [-0.2, 0) is 14.3 Å². The lowest BCUT2D eigenvalue weighted by Crippen LogP contribution is -2.37. The fourth-order valence-corrected chi connectivity index (χ4v) is 3.50. The third-order valence-corrected chi connectivity index (χ3v) is 4.82. The van der Waals surface area contributed by atoms with Crippen molar-refractivity contribution >= 4 is 17.8 Å². The van der Waals surface area contributed by atoms with Gasteiger partial charge in [0.05, 0.1) is 13.0 Å². The number of rotatable bonds is 8. The van der Waals surface area contributed by atoms with E-state index >= 15 is 0 Å². The van der Waals surface area contributed by atoms with Crippen molar-refractivity contribution in [3.05, 3.63) is 17.5 Å². The number of hydrogen-bond donors (Lipinski definition) is 2. The third kappa shape index (κ3) is 6.28. The lowest BCUT2D eigenvalue weighted by atomic mass is 9.79. The van der Waals surface area contributed by atoms with E-state index < -0.39 is 0 Å². The maximum absolute atomic E-state index is 12.1. The maximum atomic E-state index is 12.1. The molecule has 2 atom stereocenters. The van der Waals surface area contributed by atoms with Gasteiger partial charge >= 0.3 is 5.97 Å². The summed E-state index contributed by atoms with van der Waals surface area (Å²) >= 11 is 0. The summed E-state index contributed by atoms with van der Waals surface area (Å²) < 4.78 is 4.89. The number of carbonyl (C=O) groups excluding carboxylic acids is 2. The van der Waals surface area contributed by atoms with Crippen LogP contribution < -0.4 is 10.6 Å². The van der Waals surface area contributed by atoms with Crippen molar-refractivity contribution in [2.75, 3.05) is 25.5 Å². The van der Waals surface area contributed by atoms with Crippen molar-refractivity contribution in [1.82, 2.24) is 15.3 Å². The normalized spacial score (nSPS) is 19.7. The Labute approximate surface area is 155 Å². The summed E-state index contributed by atoms with van der Waals surface area (Å²) in [5.41, 5.74) is 1.84. The minimum Gasteiger partial charge on any atom is -0.469 e. The van der Waals surface area contributed by atoms with Gasteiger partial charge in [0.25, 0.3) is 0 Å². The molecule has 1 aliphatic carbocycles. The Kier molecular flexibility index (Phi) is 7.81. The molecule has 7 heteroatoms. The smallest absolute Gasteiger partial charge is 0.309 e. The highest BCUT2D eigenvalue weighted by Gasteiger charge is 2.31. The van der Waals surface area contributed by atoms with Gasteiger partial charge in [-0.25, -0.2) is 9.97 Å². The molecule has 1 heterocycles. The zero-order valence-corrected chi connectivity index (χ0v) is 16.0. The highest BCUT2D eigenvalue weighted by molar-refractivity contribution is 5.76. The Morgan fingerprint density at radius 3 is 2.58 bits per heavy atom. The van der Waals surface area contributed by atoms with Crippen molar-refractivity contribution in [3.8, 4) is 0 Å². The Hall–Kier alpha value is -2.18. The topological polar surface area (TPSA) is 93.2 Å². The van der Waals surface area contributed by atoms with E-state index in [0.29, 0.717) is 31.9 Å². The Bertz CT molecular complexity index is 601. The van der Waals surface area contributed by atoms with E-state index in [0.717, 1.165) is 37.1 Å². The molecule has 1 aromatic heterocycles. The Balaban J connectivity index is 1.67. The van der Waals surface area contributed by atoms with E-state index in [9.17, 15) is 9.59 Å². The number of esters is 1. The molecule has 7 nitrogen and oxygen atoms in total. The van der Waals surface area contributed by atoms with Crippen LogP contribution in [-0.4, -0.2) is 42.0 Å². The monoisotopic (exact) mass is 362 g/mol. The van der Waals surface area contributed by atoms with Crippen LogP contribution in [0.25, 0.3) is 0 Å². The summed E-state index contributed by atoms with van der Waals surface area (Å²) in [7, 11) is 1.43. The van der Waals surface area contributed by atoms with E-state index in [1.165, 1.54) is 7.11 Å². The maximum Gasteiger partial charge on any atom is 0.309 e. The minimum atomic E-state index is -0.151. The summed E-state index contributed by atoms with van der Waals surface area (Å²) in [4.78, 5) is 32.6. The van der Waals surface area contributed by atoms with E-state index in [4.69, 9.17) is 4.74 Å². The molecule has 2 rings (SSSR count). The van der Waals surface area contributed by atoms with Crippen LogP contribution in [0.5, 0.6) is 0 Å². The predicted octanol–water partition coefficient (Wildman–Crippen LogP) is 2.38. The molecule has 0 aromatic carbocycles. The summed E-state index contributed by atoms with van der Waals surface area (Å²) in [6, 6.07) is 1.92. The molecule has 1 aromatic rings. The van der Waals surface area contributed by atoms with Gasteiger partial charge < -0.3 is 15.4 Å². The van der Waals surface area contributed by atoms with Gasteiger partial charge in [-0.05, 0) is 45.1 Å². The lowest BCUT2D eigenvalue weighted by molar-refractivity contribution is -0.148. The molecule has 26 heavy (non-hydrogen) atoms. The van der Waals surface area contributed by atoms with Crippen LogP contribution in [0.15, 0.2) is 6.07 Å². The first kappa shape index (κ1) is 20.1. The number of nitrogens with zero attached hydrogens (tertiary/aromatic N) is 2. The summed E-state index contributed by atoms with van der Waals surface area (Å²) in [6.45, 7) is 5.05. The molecule has 1 fully saturated rings. The first-order chi connectivity index (χ1) is 12.5. The van der Waals surface area contributed by atoms with Crippen LogP contribution in [0.2, 0.25) is 0 Å². The second-order valence-corrected chi connectivity index (χ2v) is 6.98. The third-order valence-electron chi connectivity index (χ3n) is 4.82. The molecule has 0 saturated heterocycles. The van der Waals surface area contributed by atoms with Gasteiger partial charge in [-0.3, -0.25) is 9.59 Å². The molecule has 0 aliphatic heterocycles. The van der Waals surface area contributed by atoms with Crippen molar-refractivity contribution in [2.45, 2.75) is 52.4 Å². The first-order valence-corrected chi connectivity index (χ1v) is 9.40. The summed E-state index contributed by atoms with van der Waals surface area (Å²) in [5, 5.41) is 6.13.